The van der Waals surface area contributed by atoms with Crippen LogP contribution in [0, 0.1) is 5.92 Å². The van der Waals surface area contributed by atoms with Crippen molar-refractivity contribution >= 4 is 17.3 Å². The maximum absolute atomic E-state index is 9.58. The fraction of sp³-hybridized carbons (Fsp3) is 0.600. The van der Waals surface area contributed by atoms with Gasteiger partial charge < -0.3 is 14.7 Å². The molecule has 0 bridgehead atoms. The SMILES string of the molecule is CC(O)c1ccc(N(C)CC2CCOCC2)cc1Cl. The van der Waals surface area contributed by atoms with Gasteiger partial charge in [0, 0.05) is 37.5 Å². The number of aliphatic hydroxyl groups excluding tert-OH is 1. The van der Waals surface area contributed by atoms with E-state index < -0.39 is 6.10 Å². The van der Waals surface area contributed by atoms with Gasteiger partial charge in [-0.15, -0.1) is 0 Å². The van der Waals surface area contributed by atoms with Crippen molar-refractivity contribution in [2.24, 2.45) is 5.92 Å². The van der Waals surface area contributed by atoms with Crippen molar-refractivity contribution < 1.29 is 9.84 Å². The summed E-state index contributed by atoms with van der Waals surface area (Å²) in [5.74, 6) is 0.689. The van der Waals surface area contributed by atoms with E-state index in [9.17, 15) is 5.11 Å². The van der Waals surface area contributed by atoms with Crippen LogP contribution in [0.1, 0.15) is 31.4 Å². The molecule has 0 amide bonds. The monoisotopic (exact) mass is 283 g/mol. The third kappa shape index (κ3) is 3.85. The van der Waals surface area contributed by atoms with Crippen LogP contribution in [0.4, 0.5) is 5.69 Å². The van der Waals surface area contributed by atoms with E-state index in [2.05, 4.69) is 11.9 Å². The Bertz CT molecular complexity index is 417. The van der Waals surface area contributed by atoms with Crippen LogP contribution in [0.3, 0.4) is 0 Å². The van der Waals surface area contributed by atoms with Crippen LogP contribution in [-0.4, -0.2) is 31.9 Å². The van der Waals surface area contributed by atoms with Crippen LogP contribution in [0.5, 0.6) is 0 Å². The Hall–Kier alpha value is -0.770. The molecule has 0 radical (unpaired) electrons. The number of benzene rings is 1. The van der Waals surface area contributed by atoms with Gasteiger partial charge in [-0.2, -0.15) is 0 Å². The van der Waals surface area contributed by atoms with E-state index in [0.717, 1.165) is 43.9 Å². The first-order valence-electron chi connectivity index (χ1n) is 6.84. The number of halogens is 1. The zero-order valence-electron chi connectivity index (χ0n) is 11.6. The van der Waals surface area contributed by atoms with Crippen LogP contribution in [0.2, 0.25) is 5.02 Å². The van der Waals surface area contributed by atoms with Gasteiger partial charge in [0.1, 0.15) is 0 Å². The van der Waals surface area contributed by atoms with Crippen LogP contribution < -0.4 is 4.90 Å². The summed E-state index contributed by atoms with van der Waals surface area (Å²) in [6.07, 6.45) is 1.73. The molecule has 0 saturated carbocycles. The third-order valence-corrected chi connectivity index (χ3v) is 4.08. The first-order chi connectivity index (χ1) is 9.08. The minimum Gasteiger partial charge on any atom is -0.389 e. The molecule has 106 valence electrons. The molecule has 1 unspecified atom stereocenters. The maximum Gasteiger partial charge on any atom is 0.0776 e. The molecule has 1 aromatic rings. The predicted molar refractivity (Wildman–Crippen MR) is 78.9 cm³/mol. The summed E-state index contributed by atoms with van der Waals surface area (Å²) in [5, 5.41) is 10.2. The number of rotatable bonds is 4. The molecule has 1 atom stereocenters. The third-order valence-electron chi connectivity index (χ3n) is 3.75. The molecule has 2 rings (SSSR count). The van der Waals surface area contributed by atoms with Gasteiger partial charge in [0.2, 0.25) is 0 Å². The average molecular weight is 284 g/mol. The lowest BCUT2D eigenvalue weighted by Gasteiger charge is -2.28. The normalized spacial score (nSPS) is 18.3. The lowest BCUT2D eigenvalue weighted by atomic mass is 9.99. The molecule has 1 heterocycles. The second-order valence-electron chi connectivity index (χ2n) is 5.32. The summed E-state index contributed by atoms with van der Waals surface area (Å²) in [4.78, 5) is 2.23. The van der Waals surface area contributed by atoms with Crippen molar-refractivity contribution in [3.63, 3.8) is 0 Å². The van der Waals surface area contributed by atoms with Gasteiger partial charge >= 0.3 is 0 Å². The molecular weight excluding hydrogens is 262 g/mol. The zero-order valence-corrected chi connectivity index (χ0v) is 12.4. The molecule has 1 N–H and O–H groups in total. The quantitative estimate of drug-likeness (QED) is 0.921. The molecule has 1 saturated heterocycles. The Balaban J connectivity index is 2.02. The summed E-state index contributed by atoms with van der Waals surface area (Å²) in [6.45, 7) is 4.50. The molecule has 0 aliphatic carbocycles. The smallest absolute Gasteiger partial charge is 0.0776 e. The van der Waals surface area contributed by atoms with Gasteiger partial charge in [-0.05, 0) is 43.4 Å². The Morgan fingerprint density at radius 2 is 2.11 bits per heavy atom. The minimum absolute atomic E-state index is 0.526. The van der Waals surface area contributed by atoms with Crippen molar-refractivity contribution in [3.05, 3.63) is 28.8 Å². The molecule has 4 heteroatoms. The number of aliphatic hydroxyl groups is 1. The first kappa shape index (κ1) is 14.6. The second-order valence-corrected chi connectivity index (χ2v) is 5.73. The second kappa shape index (κ2) is 6.60. The highest BCUT2D eigenvalue weighted by Crippen LogP contribution is 2.28. The predicted octanol–water partition coefficient (Wildman–Crippen LogP) is 3.26. The Labute approximate surface area is 120 Å². The Morgan fingerprint density at radius 1 is 1.42 bits per heavy atom. The molecule has 0 aromatic heterocycles. The molecule has 0 spiro atoms. The van der Waals surface area contributed by atoms with E-state index in [1.165, 1.54) is 0 Å². The lowest BCUT2D eigenvalue weighted by Crippen LogP contribution is -2.29. The highest BCUT2D eigenvalue weighted by molar-refractivity contribution is 6.31. The number of hydrogen-bond donors (Lipinski definition) is 1. The van der Waals surface area contributed by atoms with Gasteiger partial charge in [0.05, 0.1) is 6.10 Å². The first-order valence-corrected chi connectivity index (χ1v) is 7.22. The topological polar surface area (TPSA) is 32.7 Å². The van der Waals surface area contributed by atoms with Crippen LogP contribution in [0.25, 0.3) is 0 Å². The number of hydrogen-bond acceptors (Lipinski definition) is 3. The fourth-order valence-corrected chi connectivity index (χ4v) is 2.85. The van der Waals surface area contributed by atoms with Crippen molar-refractivity contribution in [1.29, 1.82) is 0 Å². The van der Waals surface area contributed by atoms with E-state index in [-0.39, 0.29) is 0 Å². The number of nitrogens with zero attached hydrogens (tertiary/aromatic N) is 1. The summed E-state index contributed by atoms with van der Waals surface area (Å²) in [7, 11) is 2.09. The van der Waals surface area contributed by atoms with Crippen molar-refractivity contribution in [1.82, 2.24) is 0 Å². The molecule has 1 aliphatic heterocycles. The van der Waals surface area contributed by atoms with E-state index in [0.29, 0.717) is 10.9 Å². The van der Waals surface area contributed by atoms with E-state index in [1.54, 1.807) is 6.92 Å². The van der Waals surface area contributed by atoms with Crippen molar-refractivity contribution in [3.8, 4) is 0 Å². The standard InChI is InChI=1S/C15H22ClNO2/c1-11(18)14-4-3-13(9-15(14)16)17(2)10-12-5-7-19-8-6-12/h3-4,9,11-12,18H,5-8,10H2,1-2H3. The number of ether oxygens (including phenoxy) is 1. The van der Waals surface area contributed by atoms with E-state index >= 15 is 0 Å². The van der Waals surface area contributed by atoms with Gasteiger partial charge in [0.15, 0.2) is 0 Å². The summed E-state index contributed by atoms with van der Waals surface area (Å²) >= 11 is 6.20. The Morgan fingerprint density at radius 3 is 2.68 bits per heavy atom. The zero-order chi connectivity index (χ0) is 13.8. The Kier molecular flexibility index (Phi) is 5.08. The van der Waals surface area contributed by atoms with Crippen LogP contribution in [0.15, 0.2) is 18.2 Å². The summed E-state index contributed by atoms with van der Waals surface area (Å²) in [6, 6.07) is 5.86. The van der Waals surface area contributed by atoms with Gasteiger partial charge in [-0.3, -0.25) is 0 Å². The molecule has 1 aliphatic rings. The number of anilines is 1. The summed E-state index contributed by atoms with van der Waals surface area (Å²) in [5.41, 5.74) is 1.88. The van der Waals surface area contributed by atoms with Crippen LogP contribution >= 0.6 is 11.6 Å². The largest absolute Gasteiger partial charge is 0.389 e. The minimum atomic E-state index is -0.526. The molecule has 3 nitrogen and oxygen atoms in total. The van der Waals surface area contributed by atoms with E-state index in [1.807, 2.05) is 18.2 Å². The van der Waals surface area contributed by atoms with Crippen molar-refractivity contribution in [2.45, 2.75) is 25.9 Å². The molecule has 1 fully saturated rings. The highest BCUT2D eigenvalue weighted by Gasteiger charge is 2.16. The maximum atomic E-state index is 9.58. The summed E-state index contributed by atoms with van der Waals surface area (Å²) < 4.78 is 5.38. The van der Waals surface area contributed by atoms with Gasteiger partial charge in [-0.25, -0.2) is 0 Å². The van der Waals surface area contributed by atoms with Crippen LogP contribution in [-0.2, 0) is 4.74 Å². The fourth-order valence-electron chi connectivity index (χ4n) is 2.51. The highest BCUT2D eigenvalue weighted by atomic mass is 35.5. The van der Waals surface area contributed by atoms with E-state index in [4.69, 9.17) is 16.3 Å². The van der Waals surface area contributed by atoms with Crippen molar-refractivity contribution in [2.75, 3.05) is 31.7 Å². The molecule has 19 heavy (non-hydrogen) atoms. The lowest BCUT2D eigenvalue weighted by molar-refractivity contribution is 0.0685. The molecular formula is C15H22ClNO2. The van der Waals surface area contributed by atoms with Gasteiger partial charge in [-0.1, -0.05) is 17.7 Å². The molecule has 1 aromatic carbocycles. The van der Waals surface area contributed by atoms with Gasteiger partial charge in [0.25, 0.3) is 0 Å². The average Bonchev–Trinajstić information content (AvgIpc) is 2.39.